The zero-order chi connectivity index (χ0) is 19.4. The first-order valence-electron chi connectivity index (χ1n) is 8.95. The molecule has 0 aliphatic heterocycles. The van der Waals surface area contributed by atoms with Gasteiger partial charge in [0, 0.05) is 13.6 Å². The highest BCUT2D eigenvalue weighted by Crippen LogP contribution is 2.24. The van der Waals surface area contributed by atoms with Crippen LogP contribution in [0.4, 0.5) is 0 Å². The maximum Gasteiger partial charge on any atom is 0.276 e. The Bertz CT molecular complexity index is 1010. The summed E-state index contributed by atoms with van der Waals surface area (Å²) in [5.41, 5.74) is 2.44. The van der Waals surface area contributed by atoms with E-state index in [1.54, 1.807) is 9.47 Å². The largest absolute Gasteiger partial charge is 0.345 e. The van der Waals surface area contributed by atoms with E-state index in [-0.39, 0.29) is 17.2 Å². The summed E-state index contributed by atoms with van der Waals surface area (Å²) in [5, 5.41) is 2.42. The third-order valence-electron chi connectivity index (χ3n) is 4.31. The van der Waals surface area contributed by atoms with E-state index < -0.39 is 0 Å². The van der Waals surface area contributed by atoms with Crippen LogP contribution in [0.5, 0.6) is 0 Å². The molecule has 0 aliphatic rings. The second-order valence-corrected chi connectivity index (χ2v) is 8.33. The van der Waals surface area contributed by atoms with Crippen LogP contribution < -0.4 is 5.56 Å². The van der Waals surface area contributed by atoms with Gasteiger partial charge in [-0.05, 0) is 42.5 Å². The lowest BCUT2D eigenvalue weighted by Crippen LogP contribution is -2.29. The van der Waals surface area contributed by atoms with Crippen LogP contribution in [0.3, 0.4) is 0 Å². The minimum atomic E-state index is -0.0881. The number of unbranched alkanes of at least 4 members (excludes halogenated alkanes) is 1. The van der Waals surface area contributed by atoms with E-state index in [2.05, 4.69) is 11.9 Å². The number of thioether (sulfide) groups is 1. The average molecular weight is 402 g/mol. The van der Waals surface area contributed by atoms with Gasteiger partial charge in [-0.15, -0.1) is 11.3 Å². The summed E-state index contributed by atoms with van der Waals surface area (Å²) in [7, 11) is 1.82. The molecule has 3 rings (SSSR count). The van der Waals surface area contributed by atoms with E-state index in [9.17, 15) is 9.59 Å². The van der Waals surface area contributed by atoms with Crippen molar-refractivity contribution in [1.82, 2.24) is 14.5 Å². The number of benzene rings is 1. The molecule has 0 fully saturated rings. The molecule has 142 valence electrons. The number of amides is 1. The summed E-state index contributed by atoms with van der Waals surface area (Å²) < 4.78 is 2.25. The van der Waals surface area contributed by atoms with E-state index in [4.69, 9.17) is 0 Å². The topological polar surface area (TPSA) is 55.2 Å². The van der Waals surface area contributed by atoms with Crippen LogP contribution >= 0.6 is 23.1 Å². The SMILES string of the molecule is CCCCN(C)C(=O)CSc1nc2ccsc2c(=O)n1-c1cccc(C)c1. The number of hydrogen-bond acceptors (Lipinski definition) is 5. The Labute approximate surface area is 167 Å². The van der Waals surface area contributed by atoms with E-state index in [0.717, 1.165) is 30.6 Å². The van der Waals surface area contributed by atoms with Gasteiger partial charge in [-0.25, -0.2) is 4.98 Å². The zero-order valence-corrected chi connectivity index (χ0v) is 17.4. The smallest absolute Gasteiger partial charge is 0.276 e. The van der Waals surface area contributed by atoms with Crippen molar-refractivity contribution in [3.8, 4) is 5.69 Å². The van der Waals surface area contributed by atoms with Gasteiger partial charge in [0.15, 0.2) is 5.16 Å². The monoisotopic (exact) mass is 401 g/mol. The van der Waals surface area contributed by atoms with Gasteiger partial charge < -0.3 is 4.90 Å². The number of thiophene rings is 1. The molecule has 0 unspecified atom stereocenters. The molecule has 0 N–H and O–H groups in total. The normalized spacial score (nSPS) is 11.1. The molecule has 3 aromatic rings. The van der Waals surface area contributed by atoms with Gasteiger partial charge in [0.1, 0.15) is 4.70 Å². The molecule has 1 aromatic carbocycles. The summed E-state index contributed by atoms with van der Waals surface area (Å²) in [5.74, 6) is 0.303. The molecule has 27 heavy (non-hydrogen) atoms. The Kier molecular flexibility index (Phi) is 6.34. The number of carbonyl (C=O) groups is 1. The number of nitrogens with zero attached hydrogens (tertiary/aromatic N) is 3. The predicted octanol–water partition coefficient (Wildman–Crippen LogP) is 4.11. The summed E-state index contributed by atoms with van der Waals surface area (Å²) in [6.45, 7) is 4.84. The molecule has 0 atom stereocenters. The third kappa shape index (κ3) is 4.42. The number of aryl methyl sites for hydroxylation is 1. The van der Waals surface area contributed by atoms with Crippen LogP contribution in [0.1, 0.15) is 25.3 Å². The fourth-order valence-corrected chi connectivity index (χ4v) is 4.45. The lowest BCUT2D eigenvalue weighted by molar-refractivity contribution is -0.127. The molecular formula is C20H23N3O2S2. The summed E-state index contributed by atoms with van der Waals surface area (Å²) in [4.78, 5) is 31.9. The van der Waals surface area contributed by atoms with Crippen molar-refractivity contribution in [2.75, 3.05) is 19.3 Å². The summed E-state index contributed by atoms with van der Waals surface area (Å²) in [6, 6.07) is 9.62. The van der Waals surface area contributed by atoms with E-state index in [1.807, 2.05) is 49.7 Å². The minimum Gasteiger partial charge on any atom is -0.345 e. The van der Waals surface area contributed by atoms with Gasteiger partial charge in [-0.2, -0.15) is 0 Å². The van der Waals surface area contributed by atoms with Gasteiger partial charge in [-0.3, -0.25) is 14.2 Å². The molecule has 0 bridgehead atoms. The summed E-state index contributed by atoms with van der Waals surface area (Å²) in [6.07, 6.45) is 2.04. The maximum absolute atomic E-state index is 13.1. The molecule has 5 nitrogen and oxygen atoms in total. The number of hydrogen-bond donors (Lipinski definition) is 0. The van der Waals surface area contributed by atoms with Crippen molar-refractivity contribution in [3.05, 3.63) is 51.6 Å². The maximum atomic E-state index is 13.1. The van der Waals surface area contributed by atoms with E-state index >= 15 is 0 Å². The molecule has 2 aromatic heterocycles. The van der Waals surface area contributed by atoms with Crippen LogP contribution in [0.25, 0.3) is 15.9 Å². The molecular weight excluding hydrogens is 378 g/mol. The van der Waals surface area contributed by atoms with Crippen molar-refractivity contribution < 1.29 is 4.79 Å². The van der Waals surface area contributed by atoms with Crippen LogP contribution in [0, 0.1) is 6.92 Å². The van der Waals surface area contributed by atoms with Crippen LogP contribution in [0.15, 0.2) is 45.7 Å². The average Bonchev–Trinajstić information content (AvgIpc) is 3.13. The fourth-order valence-electron chi connectivity index (χ4n) is 2.74. The van der Waals surface area contributed by atoms with Gasteiger partial charge in [0.25, 0.3) is 5.56 Å². The molecule has 0 spiro atoms. The lowest BCUT2D eigenvalue weighted by Gasteiger charge is -2.17. The van der Waals surface area contributed by atoms with Gasteiger partial charge >= 0.3 is 0 Å². The summed E-state index contributed by atoms with van der Waals surface area (Å²) >= 11 is 2.71. The molecule has 2 heterocycles. The molecule has 0 saturated heterocycles. The molecule has 0 radical (unpaired) electrons. The number of carbonyl (C=O) groups excluding carboxylic acids is 1. The van der Waals surface area contributed by atoms with Gasteiger partial charge in [0.05, 0.1) is 17.0 Å². The van der Waals surface area contributed by atoms with Crippen LogP contribution in [-0.2, 0) is 4.79 Å². The minimum absolute atomic E-state index is 0.0453. The quantitative estimate of drug-likeness (QED) is 0.442. The van der Waals surface area contributed by atoms with Gasteiger partial charge in [-0.1, -0.05) is 37.2 Å². The van der Waals surface area contributed by atoms with Crippen molar-refractivity contribution in [2.45, 2.75) is 31.8 Å². The van der Waals surface area contributed by atoms with Crippen LogP contribution in [0.2, 0.25) is 0 Å². The van der Waals surface area contributed by atoms with E-state index in [0.29, 0.717) is 15.4 Å². The van der Waals surface area contributed by atoms with Gasteiger partial charge in [0.2, 0.25) is 5.91 Å². The second-order valence-electron chi connectivity index (χ2n) is 6.47. The third-order valence-corrected chi connectivity index (χ3v) is 6.12. The van der Waals surface area contributed by atoms with Crippen molar-refractivity contribution in [1.29, 1.82) is 0 Å². The highest BCUT2D eigenvalue weighted by atomic mass is 32.2. The Balaban J connectivity index is 1.95. The first-order chi connectivity index (χ1) is 13.0. The lowest BCUT2D eigenvalue weighted by atomic mass is 10.2. The standard InChI is InChI=1S/C20H23N3O2S2/c1-4-5-10-22(3)17(24)13-27-20-21-16-9-11-26-18(16)19(25)23(20)15-8-6-7-14(2)12-15/h6-9,11-12H,4-5,10,13H2,1-3H3. The number of rotatable bonds is 7. The Morgan fingerprint density at radius 3 is 2.89 bits per heavy atom. The fraction of sp³-hybridized carbons (Fsp3) is 0.350. The zero-order valence-electron chi connectivity index (χ0n) is 15.8. The first-order valence-corrected chi connectivity index (χ1v) is 10.8. The Morgan fingerprint density at radius 2 is 2.15 bits per heavy atom. The van der Waals surface area contributed by atoms with Crippen molar-refractivity contribution in [2.24, 2.45) is 0 Å². The van der Waals surface area contributed by atoms with Crippen molar-refractivity contribution >= 4 is 39.2 Å². The number of aromatic nitrogens is 2. The molecule has 7 heteroatoms. The Morgan fingerprint density at radius 1 is 1.33 bits per heavy atom. The highest BCUT2D eigenvalue weighted by Gasteiger charge is 2.17. The van der Waals surface area contributed by atoms with Crippen LogP contribution in [-0.4, -0.2) is 39.7 Å². The van der Waals surface area contributed by atoms with E-state index in [1.165, 1.54) is 23.1 Å². The van der Waals surface area contributed by atoms with Crippen molar-refractivity contribution in [3.63, 3.8) is 0 Å². The highest BCUT2D eigenvalue weighted by molar-refractivity contribution is 7.99. The Hall–Kier alpha value is -2.12. The molecule has 0 saturated carbocycles. The second kappa shape index (κ2) is 8.71. The number of fused-ring (bicyclic) bond motifs is 1. The molecule has 1 amide bonds. The predicted molar refractivity (Wildman–Crippen MR) is 113 cm³/mol. The first kappa shape index (κ1) is 19.6. The molecule has 0 aliphatic carbocycles.